The Hall–Kier alpha value is -1.70. The third-order valence-electron chi connectivity index (χ3n) is 2.16. The molecule has 4 N–H and O–H groups in total. The maximum absolute atomic E-state index is 10.7. The van der Waals surface area contributed by atoms with Crippen molar-refractivity contribution < 1.29 is 15.0 Å². The van der Waals surface area contributed by atoms with Crippen LogP contribution in [0.3, 0.4) is 0 Å². The molecule has 0 fully saturated rings. The van der Waals surface area contributed by atoms with E-state index in [1.54, 1.807) is 6.07 Å². The molecule has 2 rings (SSSR count). The minimum absolute atomic E-state index is 0.259. The highest BCUT2D eigenvalue weighted by molar-refractivity contribution is 7.13. The van der Waals surface area contributed by atoms with Crippen molar-refractivity contribution in [2.24, 2.45) is 5.73 Å². The first-order chi connectivity index (χ1) is 8.08. The van der Waals surface area contributed by atoms with Gasteiger partial charge in [-0.3, -0.25) is 9.48 Å². The molecule has 0 radical (unpaired) electrons. The van der Waals surface area contributed by atoms with E-state index in [4.69, 9.17) is 10.8 Å². The summed E-state index contributed by atoms with van der Waals surface area (Å²) in [5.74, 6) is -0.996. The van der Waals surface area contributed by atoms with Gasteiger partial charge in [0.2, 0.25) is 0 Å². The van der Waals surface area contributed by atoms with Crippen molar-refractivity contribution in [3.05, 3.63) is 29.3 Å². The molecule has 17 heavy (non-hydrogen) atoms. The lowest BCUT2D eigenvalue weighted by atomic mass is 10.3. The van der Waals surface area contributed by atoms with Crippen molar-refractivity contribution in [1.29, 1.82) is 0 Å². The number of rotatable bonds is 4. The van der Waals surface area contributed by atoms with Gasteiger partial charge in [-0.2, -0.15) is 5.10 Å². The molecule has 2 aromatic heterocycles. The van der Waals surface area contributed by atoms with Gasteiger partial charge in [0.1, 0.15) is 18.5 Å². The minimum atomic E-state index is -1.20. The Morgan fingerprint density at radius 2 is 2.41 bits per heavy atom. The molecular weight excluding hydrogens is 242 g/mol. The van der Waals surface area contributed by atoms with Crippen molar-refractivity contribution in [2.75, 3.05) is 0 Å². The number of aliphatic hydroxyl groups is 1. The van der Waals surface area contributed by atoms with Crippen molar-refractivity contribution in [2.45, 2.75) is 12.8 Å². The summed E-state index contributed by atoms with van der Waals surface area (Å²) < 4.78 is 1.32. The van der Waals surface area contributed by atoms with Gasteiger partial charge < -0.3 is 15.9 Å². The molecule has 90 valence electrons. The number of thiophene rings is 1. The highest BCUT2D eigenvalue weighted by Crippen LogP contribution is 2.26. The van der Waals surface area contributed by atoms with Crippen LogP contribution in [0.5, 0.6) is 0 Å². The molecule has 0 amide bonds. The Labute approximate surface area is 101 Å². The lowest BCUT2D eigenvalue weighted by Gasteiger charge is -2.01. The van der Waals surface area contributed by atoms with Crippen molar-refractivity contribution >= 4 is 17.3 Å². The molecule has 0 saturated carbocycles. The highest BCUT2D eigenvalue weighted by atomic mass is 32.1. The number of carboxylic acids is 1. The maximum atomic E-state index is 10.7. The van der Waals surface area contributed by atoms with Gasteiger partial charge >= 0.3 is 5.97 Å². The summed E-state index contributed by atoms with van der Waals surface area (Å²) >= 11 is 1.47. The number of aliphatic hydroxyl groups excluding tert-OH is 1. The fraction of sp³-hybridized carbons (Fsp3) is 0.200. The predicted octanol–water partition coefficient (Wildman–Crippen LogP) is 0.646. The summed E-state index contributed by atoms with van der Waals surface area (Å²) in [5, 5.41) is 23.9. The number of carbonyl (C=O) groups is 1. The number of aliphatic carboxylic acids is 1. The number of hydrogen-bond donors (Lipinski definition) is 3. The van der Waals surface area contributed by atoms with Crippen molar-refractivity contribution in [3.8, 4) is 10.6 Å². The quantitative estimate of drug-likeness (QED) is 0.694. The Morgan fingerprint density at radius 3 is 2.94 bits per heavy atom. The molecule has 7 heteroatoms. The summed E-state index contributed by atoms with van der Waals surface area (Å²) in [6, 6.07) is 5.31. The monoisotopic (exact) mass is 253 g/mol. The van der Waals surface area contributed by atoms with E-state index in [1.165, 1.54) is 16.0 Å². The maximum Gasteiger partial charge on any atom is 0.325 e. The van der Waals surface area contributed by atoms with Crippen LogP contribution in [0, 0.1) is 0 Å². The van der Waals surface area contributed by atoms with E-state index in [-0.39, 0.29) is 12.2 Å². The molecule has 6 nitrogen and oxygen atoms in total. The van der Waals surface area contributed by atoms with Crippen LogP contribution < -0.4 is 5.73 Å². The smallest absolute Gasteiger partial charge is 0.325 e. The zero-order chi connectivity index (χ0) is 12.4. The lowest BCUT2D eigenvalue weighted by Crippen LogP contribution is -2.13. The first-order valence-electron chi connectivity index (χ1n) is 4.85. The van der Waals surface area contributed by atoms with E-state index in [1.807, 2.05) is 17.5 Å². The molecule has 2 heterocycles. The van der Waals surface area contributed by atoms with Gasteiger partial charge in [0.15, 0.2) is 0 Å². The van der Waals surface area contributed by atoms with Crippen LogP contribution in [0.4, 0.5) is 0 Å². The zero-order valence-corrected chi connectivity index (χ0v) is 9.59. The van der Waals surface area contributed by atoms with E-state index in [2.05, 4.69) is 5.10 Å². The SMILES string of the molecule is NC(O)c1cc(-c2cccs2)n(CC(=O)O)n1. The van der Waals surface area contributed by atoms with Crippen LogP contribution >= 0.6 is 11.3 Å². The normalized spacial score (nSPS) is 12.6. The van der Waals surface area contributed by atoms with Gasteiger partial charge in [0.05, 0.1) is 10.6 Å². The number of hydrogen-bond acceptors (Lipinski definition) is 5. The largest absolute Gasteiger partial charge is 0.480 e. The topological polar surface area (TPSA) is 101 Å². The fourth-order valence-corrected chi connectivity index (χ4v) is 2.20. The summed E-state index contributed by atoms with van der Waals surface area (Å²) in [5.41, 5.74) is 6.22. The van der Waals surface area contributed by atoms with Gasteiger partial charge in [-0.15, -0.1) is 11.3 Å². The zero-order valence-electron chi connectivity index (χ0n) is 8.78. The van der Waals surface area contributed by atoms with Crippen LogP contribution in [0.1, 0.15) is 11.9 Å². The van der Waals surface area contributed by atoms with E-state index < -0.39 is 12.2 Å². The van der Waals surface area contributed by atoms with Crippen LogP contribution in [0.2, 0.25) is 0 Å². The fourth-order valence-electron chi connectivity index (χ4n) is 1.45. The molecule has 1 atom stereocenters. The average Bonchev–Trinajstić information content (AvgIpc) is 2.83. The van der Waals surface area contributed by atoms with Crippen LogP contribution in [0.15, 0.2) is 23.6 Å². The summed E-state index contributed by atoms with van der Waals surface area (Å²) in [4.78, 5) is 11.6. The lowest BCUT2D eigenvalue weighted by molar-refractivity contribution is -0.137. The van der Waals surface area contributed by atoms with Crippen LogP contribution in [0.25, 0.3) is 10.6 Å². The molecule has 0 aromatic carbocycles. The highest BCUT2D eigenvalue weighted by Gasteiger charge is 2.15. The van der Waals surface area contributed by atoms with Gasteiger partial charge in [-0.1, -0.05) is 6.07 Å². The number of aromatic nitrogens is 2. The standard InChI is InChI=1S/C10H11N3O3S/c11-10(16)6-4-7(8-2-1-3-17-8)13(12-6)5-9(14)15/h1-4,10,16H,5,11H2,(H,14,15). The predicted molar refractivity (Wildman–Crippen MR) is 62.3 cm³/mol. The Kier molecular flexibility index (Phi) is 3.23. The third kappa shape index (κ3) is 2.52. The minimum Gasteiger partial charge on any atom is -0.480 e. The number of nitrogens with zero attached hydrogens (tertiary/aromatic N) is 2. The van der Waals surface area contributed by atoms with Crippen LogP contribution in [-0.2, 0) is 11.3 Å². The molecule has 0 aliphatic heterocycles. The van der Waals surface area contributed by atoms with E-state index in [0.717, 1.165) is 4.88 Å². The Morgan fingerprint density at radius 1 is 1.65 bits per heavy atom. The molecule has 0 spiro atoms. The molecular formula is C10H11N3O3S. The second-order valence-electron chi connectivity index (χ2n) is 3.43. The van der Waals surface area contributed by atoms with E-state index >= 15 is 0 Å². The molecule has 0 bridgehead atoms. The first kappa shape index (κ1) is 11.8. The van der Waals surface area contributed by atoms with Crippen LogP contribution in [-0.4, -0.2) is 26.0 Å². The van der Waals surface area contributed by atoms with Crippen molar-refractivity contribution in [3.63, 3.8) is 0 Å². The van der Waals surface area contributed by atoms with Gasteiger partial charge in [-0.05, 0) is 17.5 Å². The van der Waals surface area contributed by atoms with Gasteiger partial charge in [0, 0.05) is 0 Å². The first-order valence-corrected chi connectivity index (χ1v) is 5.73. The summed E-state index contributed by atoms with van der Waals surface area (Å²) in [6.07, 6.45) is -1.20. The van der Waals surface area contributed by atoms with Gasteiger partial charge in [0.25, 0.3) is 0 Å². The van der Waals surface area contributed by atoms with E-state index in [9.17, 15) is 9.90 Å². The summed E-state index contributed by atoms with van der Waals surface area (Å²) in [7, 11) is 0. The van der Waals surface area contributed by atoms with Crippen molar-refractivity contribution in [1.82, 2.24) is 9.78 Å². The summed E-state index contributed by atoms with van der Waals surface area (Å²) in [6.45, 7) is -0.264. The second kappa shape index (κ2) is 4.66. The third-order valence-corrected chi connectivity index (χ3v) is 3.05. The number of carboxylic acid groups (broad SMARTS) is 1. The molecule has 0 aliphatic rings. The second-order valence-corrected chi connectivity index (χ2v) is 4.38. The molecule has 2 aromatic rings. The average molecular weight is 253 g/mol. The molecule has 1 unspecified atom stereocenters. The molecule has 0 saturated heterocycles. The Balaban J connectivity index is 2.44. The molecule has 0 aliphatic carbocycles. The number of nitrogens with two attached hydrogens (primary N) is 1. The van der Waals surface area contributed by atoms with E-state index in [0.29, 0.717) is 5.69 Å². The van der Waals surface area contributed by atoms with Gasteiger partial charge in [-0.25, -0.2) is 0 Å². The Bertz CT molecular complexity index is 519.